The van der Waals surface area contributed by atoms with Crippen LogP contribution in [0, 0.1) is 6.92 Å². The second kappa shape index (κ2) is 6.32. The second-order valence-electron chi connectivity index (χ2n) is 4.71. The van der Waals surface area contributed by atoms with Crippen LogP contribution in [-0.2, 0) is 12.8 Å². The summed E-state index contributed by atoms with van der Waals surface area (Å²) in [5.74, 6) is 1.15. The summed E-state index contributed by atoms with van der Waals surface area (Å²) in [4.78, 5) is 0. The van der Waals surface area contributed by atoms with Crippen LogP contribution in [0.3, 0.4) is 0 Å². The van der Waals surface area contributed by atoms with Crippen LogP contribution in [0.2, 0.25) is 10.0 Å². The van der Waals surface area contributed by atoms with Gasteiger partial charge in [0.05, 0.1) is 21.3 Å². The maximum Gasteiger partial charge on any atom is 0.277 e. The van der Waals surface area contributed by atoms with Gasteiger partial charge in [-0.15, -0.1) is 10.2 Å². The van der Waals surface area contributed by atoms with Crippen molar-refractivity contribution < 1.29 is 4.42 Å². The number of benzene rings is 1. The molecule has 114 valence electrons. The molecule has 0 amide bonds. The third kappa shape index (κ3) is 3.29. The topological polar surface area (TPSA) is 56.7 Å². The highest BCUT2D eigenvalue weighted by atomic mass is 35.5. The van der Waals surface area contributed by atoms with Gasteiger partial charge in [0.15, 0.2) is 0 Å². The molecule has 1 aromatic carbocycles. The first-order valence-electron chi connectivity index (χ1n) is 6.44. The maximum absolute atomic E-state index is 6.00. The van der Waals surface area contributed by atoms with Gasteiger partial charge in [-0.2, -0.15) is 5.10 Å². The molecule has 0 atom stereocenters. The first kappa shape index (κ1) is 15.4. The Labute approximate surface area is 141 Å². The van der Waals surface area contributed by atoms with Gasteiger partial charge in [0, 0.05) is 19.0 Å². The van der Waals surface area contributed by atoms with Crippen molar-refractivity contribution in [2.45, 2.75) is 17.9 Å². The van der Waals surface area contributed by atoms with Crippen molar-refractivity contribution in [2.75, 3.05) is 0 Å². The molecule has 0 bridgehead atoms. The summed E-state index contributed by atoms with van der Waals surface area (Å²) in [6, 6.07) is 5.53. The van der Waals surface area contributed by atoms with Crippen LogP contribution < -0.4 is 0 Å². The number of rotatable bonds is 4. The van der Waals surface area contributed by atoms with Crippen molar-refractivity contribution in [3.8, 4) is 11.5 Å². The van der Waals surface area contributed by atoms with Crippen LogP contribution in [0.25, 0.3) is 11.5 Å². The van der Waals surface area contributed by atoms with Gasteiger partial charge >= 0.3 is 0 Å². The van der Waals surface area contributed by atoms with E-state index in [4.69, 9.17) is 27.6 Å². The van der Waals surface area contributed by atoms with E-state index < -0.39 is 0 Å². The summed E-state index contributed by atoms with van der Waals surface area (Å²) in [6.07, 6.45) is 1.86. The average Bonchev–Trinajstić information content (AvgIpc) is 3.06. The summed E-state index contributed by atoms with van der Waals surface area (Å²) in [5, 5.41) is 14.0. The summed E-state index contributed by atoms with van der Waals surface area (Å²) in [7, 11) is 1.85. The lowest BCUT2D eigenvalue weighted by molar-refractivity contribution is 0.465. The normalized spacial score (nSPS) is 11.1. The Bertz CT molecular complexity index is 815. The van der Waals surface area contributed by atoms with Crippen LogP contribution >= 0.6 is 35.0 Å². The lowest BCUT2D eigenvalue weighted by atomic mass is 10.2. The van der Waals surface area contributed by atoms with Crippen molar-refractivity contribution in [1.82, 2.24) is 20.0 Å². The van der Waals surface area contributed by atoms with E-state index in [1.807, 2.05) is 32.3 Å². The summed E-state index contributed by atoms with van der Waals surface area (Å²) in [6.45, 7) is 1.90. The van der Waals surface area contributed by atoms with E-state index >= 15 is 0 Å². The van der Waals surface area contributed by atoms with Gasteiger partial charge in [0.25, 0.3) is 11.1 Å². The molecule has 2 aromatic heterocycles. The first-order valence-corrected chi connectivity index (χ1v) is 8.18. The quantitative estimate of drug-likeness (QED) is 0.650. The first-order chi connectivity index (χ1) is 10.5. The molecule has 0 spiro atoms. The van der Waals surface area contributed by atoms with Gasteiger partial charge in [-0.25, -0.2) is 0 Å². The molecule has 0 aliphatic heterocycles. The van der Waals surface area contributed by atoms with Crippen LogP contribution in [-0.4, -0.2) is 20.0 Å². The number of aromatic nitrogens is 4. The molecular formula is C14H12Cl2N4OS. The van der Waals surface area contributed by atoms with Gasteiger partial charge in [-0.05, 0) is 24.6 Å². The fourth-order valence-corrected chi connectivity index (χ4v) is 2.99. The Morgan fingerprint density at radius 2 is 2.05 bits per heavy atom. The number of aryl methyl sites for hydroxylation is 2. The zero-order chi connectivity index (χ0) is 15.7. The molecule has 0 unspecified atom stereocenters. The van der Waals surface area contributed by atoms with E-state index in [2.05, 4.69) is 15.3 Å². The largest absolute Gasteiger partial charge is 0.411 e. The SMILES string of the molecule is Cc1nn(C)cc1-c1nnc(SCc2ccc(Cl)c(Cl)c2)o1. The average molecular weight is 355 g/mol. The van der Waals surface area contributed by atoms with Gasteiger partial charge in [-0.1, -0.05) is 41.0 Å². The van der Waals surface area contributed by atoms with Crippen molar-refractivity contribution in [1.29, 1.82) is 0 Å². The zero-order valence-corrected chi connectivity index (χ0v) is 14.2. The third-order valence-corrected chi connectivity index (χ3v) is 4.63. The standard InChI is InChI=1S/C14H12Cl2N4OS/c1-8-10(6-20(2)19-8)13-17-18-14(21-13)22-7-9-3-4-11(15)12(16)5-9/h3-6H,7H2,1-2H3. The van der Waals surface area contributed by atoms with Crippen LogP contribution in [0.15, 0.2) is 34.0 Å². The summed E-state index contributed by atoms with van der Waals surface area (Å²) in [5.41, 5.74) is 2.74. The van der Waals surface area contributed by atoms with E-state index in [1.165, 1.54) is 11.8 Å². The lowest BCUT2D eigenvalue weighted by Gasteiger charge is -2.00. The Balaban J connectivity index is 1.72. The molecule has 3 rings (SSSR count). The molecule has 3 aromatic rings. The fourth-order valence-electron chi connectivity index (χ4n) is 1.96. The maximum atomic E-state index is 6.00. The highest BCUT2D eigenvalue weighted by Crippen LogP contribution is 2.29. The van der Waals surface area contributed by atoms with E-state index in [0.29, 0.717) is 26.9 Å². The Morgan fingerprint density at radius 1 is 1.23 bits per heavy atom. The number of nitrogens with zero attached hydrogens (tertiary/aromatic N) is 4. The van der Waals surface area contributed by atoms with Gasteiger partial charge in [0.2, 0.25) is 0 Å². The number of hydrogen-bond acceptors (Lipinski definition) is 5. The number of halogens is 2. The van der Waals surface area contributed by atoms with Gasteiger partial charge in [-0.3, -0.25) is 4.68 Å². The van der Waals surface area contributed by atoms with E-state index in [0.717, 1.165) is 16.8 Å². The molecule has 0 aliphatic rings. The second-order valence-corrected chi connectivity index (χ2v) is 6.45. The van der Waals surface area contributed by atoms with Crippen LogP contribution in [0.4, 0.5) is 0 Å². The van der Waals surface area contributed by atoms with Crippen molar-refractivity contribution >= 4 is 35.0 Å². The molecule has 0 saturated carbocycles. The minimum Gasteiger partial charge on any atom is -0.411 e. The summed E-state index contributed by atoms with van der Waals surface area (Å²) >= 11 is 13.3. The van der Waals surface area contributed by atoms with Crippen molar-refractivity contribution in [3.63, 3.8) is 0 Å². The van der Waals surface area contributed by atoms with Crippen molar-refractivity contribution in [3.05, 3.63) is 45.7 Å². The molecule has 22 heavy (non-hydrogen) atoms. The van der Waals surface area contributed by atoms with Crippen molar-refractivity contribution in [2.24, 2.45) is 7.05 Å². The van der Waals surface area contributed by atoms with Gasteiger partial charge in [0.1, 0.15) is 0 Å². The molecular weight excluding hydrogens is 343 g/mol. The lowest BCUT2D eigenvalue weighted by Crippen LogP contribution is -1.86. The minimum absolute atomic E-state index is 0.474. The monoisotopic (exact) mass is 354 g/mol. The zero-order valence-electron chi connectivity index (χ0n) is 11.9. The molecule has 0 N–H and O–H groups in total. The minimum atomic E-state index is 0.474. The van der Waals surface area contributed by atoms with E-state index in [-0.39, 0.29) is 0 Å². The molecule has 5 nitrogen and oxygen atoms in total. The van der Waals surface area contributed by atoms with Gasteiger partial charge < -0.3 is 4.42 Å². The number of hydrogen-bond donors (Lipinski definition) is 0. The molecule has 0 fully saturated rings. The predicted molar refractivity (Wildman–Crippen MR) is 87.3 cm³/mol. The highest BCUT2D eigenvalue weighted by molar-refractivity contribution is 7.98. The predicted octanol–water partition coefficient (Wildman–Crippen LogP) is 4.38. The summed E-state index contributed by atoms with van der Waals surface area (Å²) < 4.78 is 7.39. The molecule has 0 aliphatic carbocycles. The molecule has 2 heterocycles. The molecule has 0 radical (unpaired) electrons. The Kier molecular flexibility index (Phi) is 4.42. The fraction of sp³-hybridized carbons (Fsp3) is 0.214. The smallest absolute Gasteiger partial charge is 0.277 e. The molecule has 0 saturated heterocycles. The Morgan fingerprint density at radius 3 is 2.73 bits per heavy atom. The van der Waals surface area contributed by atoms with Crippen LogP contribution in [0.1, 0.15) is 11.3 Å². The highest BCUT2D eigenvalue weighted by Gasteiger charge is 2.14. The number of thioether (sulfide) groups is 1. The third-order valence-electron chi connectivity index (χ3n) is 3.00. The van der Waals surface area contributed by atoms with E-state index in [1.54, 1.807) is 10.7 Å². The molecule has 8 heteroatoms. The van der Waals surface area contributed by atoms with E-state index in [9.17, 15) is 0 Å². The Hall–Kier alpha value is -1.50. The van der Waals surface area contributed by atoms with Crippen LogP contribution in [0.5, 0.6) is 0 Å².